The van der Waals surface area contributed by atoms with Crippen LogP contribution >= 0.6 is 0 Å². The number of ether oxygens (including phenoxy) is 1. The molecular weight excluding hydrogens is 272 g/mol. The van der Waals surface area contributed by atoms with Crippen molar-refractivity contribution >= 4 is 5.78 Å². The number of hydrogen-bond donors (Lipinski definition) is 0. The van der Waals surface area contributed by atoms with Crippen molar-refractivity contribution in [1.82, 2.24) is 0 Å². The summed E-state index contributed by atoms with van der Waals surface area (Å²) in [7, 11) is 0. The first-order valence-electron chi connectivity index (χ1n) is 8.92. The van der Waals surface area contributed by atoms with Gasteiger partial charge in [0.15, 0.2) is 0 Å². The minimum absolute atomic E-state index is 0.0623. The predicted octanol–water partition coefficient (Wildman–Crippen LogP) is 4.72. The van der Waals surface area contributed by atoms with Gasteiger partial charge < -0.3 is 4.74 Å². The fraction of sp³-hybridized carbons (Fsp3) is 0.650. The van der Waals surface area contributed by atoms with Crippen molar-refractivity contribution in [3.63, 3.8) is 0 Å². The van der Waals surface area contributed by atoms with Crippen molar-refractivity contribution in [2.24, 2.45) is 17.3 Å². The lowest BCUT2D eigenvalue weighted by Gasteiger charge is -2.44. The lowest BCUT2D eigenvalue weighted by atomic mass is 9.59. The molecule has 118 valence electrons. The topological polar surface area (TPSA) is 26.3 Å². The van der Waals surface area contributed by atoms with Gasteiger partial charge in [-0.1, -0.05) is 13.0 Å². The molecule has 2 heteroatoms. The molecule has 4 aliphatic carbocycles. The van der Waals surface area contributed by atoms with E-state index in [0.717, 1.165) is 50.9 Å². The summed E-state index contributed by atoms with van der Waals surface area (Å²) in [5.74, 6) is 2.89. The first kappa shape index (κ1) is 14.3. The monoisotopic (exact) mass is 298 g/mol. The van der Waals surface area contributed by atoms with Crippen LogP contribution in [0.1, 0.15) is 58.8 Å². The maximum Gasteiger partial charge on any atom is 0.139 e. The smallest absolute Gasteiger partial charge is 0.139 e. The van der Waals surface area contributed by atoms with Gasteiger partial charge in [-0.25, -0.2) is 0 Å². The Morgan fingerprint density at radius 1 is 1.23 bits per heavy atom. The molecule has 1 saturated carbocycles. The van der Waals surface area contributed by atoms with E-state index in [4.69, 9.17) is 4.74 Å². The van der Waals surface area contributed by atoms with Crippen LogP contribution in [-0.4, -0.2) is 12.4 Å². The first-order chi connectivity index (χ1) is 10.6. The van der Waals surface area contributed by atoms with Gasteiger partial charge in [-0.05, 0) is 73.7 Å². The number of fused-ring (bicyclic) bond motifs is 4. The predicted molar refractivity (Wildman–Crippen MR) is 87.2 cm³/mol. The van der Waals surface area contributed by atoms with Crippen molar-refractivity contribution in [2.75, 3.05) is 6.61 Å². The molecule has 0 aliphatic heterocycles. The van der Waals surface area contributed by atoms with E-state index in [1.807, 2.05) is 0 Å². The minimum atomic E-state index is -0.0623. The van der Waals surface area contributed by atoms with E-state index in [1.54, 1.807) is 11.1 Å². The van der Waals surface area contributed by atoms with Crippen LogP contribution in [0, 0.1) is 17.3 Å². The van der Waals surface area contributed by atoms with Crippen LogP contribution in [0.4, 0.5) is 0 Å². The van der Waals surface area contributed by atoms with E-state index < -0.39 is 0 Å². The van der Waals surface area contributed by atoms with Crippen molar-refractivity contribution < 1.29 is 9.53 Å². The van der Waals surface area contributed by atoms with E-state index in [2.05, 4.69) is 26.0 Å². The Labute approximate surface area is 133 Å². The summed E-state index contributed by atoms with van der Waals surface area (Å²) < 4.78 is 5.73. The van der Waals surface area contributed by atoms with Crippen molar-refractivity contribution in [3.05, 3.63) is 34.6 Å². The molecule has 0 radical (unpaired) electrons. The highest BCUT2D eigenvalue weighted by Crippen LogP contribution is 2.57. The molecule has 0 aromatic heterocycles. The average molecular weight is 298 g/mol. The zero-order valence-corrected chi connectivity index (χ0v) is 13.8. The number of allylic oxidation sites excluding steroid dienone is 6. The molecular formula is C20H26O2. The summed E-state index contributed by atoms with van der Waals surface area (Å²) >= 11 is 0. The number of carbonyl (C=O) groups is 1. The van der Waals surface area contributed by atoms with Gasteiger partial charge in [-0.3, -0.25) is 4.79 Å². The lowest BCUT2D eigenvalue weighted by molar-refractivity contribution is -0.127. The van der Waals surface area contributed by atoms with Crippen LogP contribution < -0.4 is 0 Å². The Bertz CT molecular complexity index is 607. The van der Waals surface area contributed by atoms with Crippen LogP contribution in [0.2, 0.25) is 0 Å². The van der Waals surface area contributed by atoms with Gasteiger partial charge in [-0.2, -0.15) is 0 Å². The van der Waals surface area contributed by atoms with Gasteiger partial charge in [0.2, 0.25) is 0 Å². The van der Waals surface area contributed by atoms with Crippen LogP contribution in [0.15, 0.2) is 34.6 Å². The first-order valence-corrected chi connectivity index (χ1v) is 8.92. The lowest BCUT2D eigenvalue weighted by Crippen LogP contribution is -2.38. The largest absolute Gasteiger partial charge is 0.498 e. The summed E-state index contributed by atoms with van der Waals surface area (Å²) in [6, 6.07) is 0. The standard InChI is InChI=1S/C20H26O2/c1-3-22-14-5-7-15-13(12-14)4-6-17-16(15)10-11-20(2)18(17)8-9-19(20)21/h10,12,17-18H,3-9,11H2,1-2H3/t17-,18+,20+/m1/s1. The van der Waals surface area contributed by atoms with Gasteiger partial charge in [-0.15, -0.1) is 0 Å². The van der Waals surface area contributed by atoms with E-state index in [1.165, 1.54) is 12.0 Å². The molecule has 2 nitrogen and oxygen atoms in total. The Morgan fingerprint density at radius 2 is 2.09 bits per heavy atom. The molecule has 0 saturated heterocycles. The fourth-order valence-corrected chi connectivity index (χ4v) is 5.33. The molecule has 0 amide bonds. The molecule has 3 atom stereocenters. The maximum atomic E-state index is 12.3. The number of Topliss-reactive ketones (excluding diaryl/α,β-unsaturated/α-hetero) is 1. The molecule has 4 aliphatic rings. The third-order valence-electron chi connectivity index (χ3n) is 6.52. The zero-order valence-electron chi connectivity index (χ0n) is 13.8. The summed E-state index contributed by atoms with van der Waals surface area (Å²) in [5, 5.41) is 0. The second-order valence-corrected chi connectivity index (χ2v) is 7.54. The highest BCUT2D eigenvalue weighted by atomic mass is 16.5. The summed E-state index contributed by atoms with van der Waals surface area (Å²) in [5.41, 5.74) is 4.61. The van der Waals surface area contributed by atoms with Gasteiger partial charge in [0, 0.05) is 18.3 Å². The molecule has 0 aromatic carbocycles. The molecule has 0 spiro atoms. The quantitative estimate of drug-likeness (QED) is 0.737. The minimum Gasteiger partial charge on any atom is -0.498 e. The zero-order chi connectivity index (χ0) is 15.3. The Morgan fingerprint density at radius 3 is 2.91 bits per heavy atom. The van der Waals surface area contributed by atoms with Crippen LogP contribution in [0.5, 0.6) is 0 Å². The second-order valence-electron chi connectivity index (χ2n) is 7.54. The van der Waals surface area contributed by atoms with Crippen LogP contribution in [0.3, 0.4) is 0 Å². The number of hydrogen-bond acceptors (Lipinski definition) is 2. The molecule has 4 rings (SSSR count). The van der Waals surface area contributed by atoms with E-state index in [0.29, 0.717) is 17.6 Å². The third-order valence-corrected chi connectivity index (χ3v) is 6.52. The van der Waals surface area contributed by atoms with Crippen LogP contribution in [-0.2, 0) is 9.53 Å². The summed E-state index contributed by atoms with van der Waals surface area (Å²) in [4.78, 5) is 12.3. The molecule has 0 N–H and O–H groups in total. The van der Waals surface area contributed by atoms with Crippen molar-refractivity contribution in [2.45, 2.75) is 58.8 Å². The van der Waals surface area contributed by atoms with E-state index in [9.17, 15) is 4.79 Å². The maximum absolute atomic E-state index is 12.3. The highest BCUT2D eigenvalue weighted by Gasteiger charge is 2.52. The highest BCUT2D eigenvalue weighted by molar-refractivity contribution is 5.87. The Kier molecular flexibility index (Phi) is 3.32. The summed E-state index contributed by atoms with van der Waals surface area (Å²) in [6.07, 6.45) is 12.1. The number of rotatable bonds is 2. The van der Waals surface area contributed by atoms with Gasteiger partial charge in [0.05, 0.1) is 12.4 Å². The van der Waals surface area contributed by atoms with Gasteiger partial charge >= 0.3 is 0 Å². The molecule has 0 unspecified atom stereocenters. The van der Waals surface area contributed by atoms with Crippen molar-refractivity contribution in [3.8, 4) is 0 Å². The third kappa shape index (κ3) is 1.96. The van der Waals surface area contributed by atoms with Gasteiger partial charge in [0.25, 0.3) is 0 Å². The van der Waals surface area contributed by atoms with E-state index >= 15 is 0 Å². The fourth-order valence-electron chi connectivity index (χ4n) is 5.33. The Balaban J connectivity index is 1.69. The van der Waals surface area contributed by atoms with Gasteiger partial charge in [0.1, 0.15) is 5.78 Å². The van der Waals surface area contributed by atoms with Crippen LogP contribution in [0.25, 0.3) is 0 Å². The molecule has 0 aromatic rings. The molecule has 0 bridgehead atoms. The average Bonchev–Trinajstić information content (AvgIpc) is 2.83. The summed E-state index contributed by atoms with van der Waals surface area (Å²) in [6.45, 7) is 5.05. The molecule has 22 heavy (non-hydrogen) atoms. The van der Waals surface area contributed by atoms with Crippen molar-refractivity contribution in [1.29, 1.82) is 0 Å². The number of carbonyl (C=O) groups excluding carboxylic acids is 1. The SMILES string of the molecule is CCOC1=CC2=C(CC1)C1=CC[C@]3(C)C(=O)CC[C@H]3[C@@H]1CC2. The van der Waals surface area contributed by atoms with E-state index in [-0.39, 0.29) is 5.41 Å². The normalized spacial score (nSPS) is 37.1. The number of ketones is 1. The molecule has 1 fully saturated rings. The molecule has 0 heterocycles. The second kappa shape index (κ2) is 5.11. The Hall–Kier alpha value is -1.31.